The maximum absolute atomic E-state index is 12.2. The average Bonchev–Trinajstić information content (AvgIpc) is 3.32. The number of carbonyl (C=O) groups excluding carboxylic acids is 2. The smallest absolute Gasteiger partial charge is 0.356 e. The minimum Gasteiger partial charge on any atom is -0.476 e. The second kappa shape index (κ2) is 8.16. The van der Waals surface area contributed by atoms with Crippen molar-refractivity contribution in [2.24, 2.45) is 0 Å². The van der Waals surface area contributed by atoms with Crippen LogP contribution < -0.4 is 10.6 Å². The highest BCUT2D eigenvalue weighted by Gasteiger charge is 2.11. The molecular formula is C18H18N6O4. The second-order valence-corrected chi connectivity index (χ2v) is 5.84. The van der Waals surface area contributed by atoms with Crippen LogP contribution in [-0.2, 0) is 17.9 Å². The van der Waals surface area contributed by atoms with Crippen molar-refractivity contribution >= 4 is 29.2 Å². The summed E-state index contributed by atoms with van der Waals surface area (Å²) in [5.74, 6) is -1.84. The summed E-state index contributed by atoms with van der Waals surface area (Å²) in [6.07, 6.45) is 3.15. The van der Waals surface area contributed by atoms with E-state index in [2.05, 4.69) is 20.8 Å². The third-order valence-corrected chi connectivity index (χ3v) is 3.79. The monoisotopic (exact) mass is 382 g/mol. The Morgan fingerprint density at radius 1 is 0.893 bits per heavy atom. The van der Waals surface area contributed by atoms with Crippen LogP contribution in [0.2, 0.25) is 0 Å². The molecule has 10 heteroatoms. The van der Waals surface area contributed by atoms with Gasteiger partial charge in [-0.15, -0.1) is 0 Å². The van der Waals surface area contributed by atoms with Crippen LogP contribution in [0.1, 0.15) is 27.9 Å². The molecule has 2 amide bonds. The number of carboxylic acid groups (broad SMARTS) is 1. The Morgan fingerprint density at radius 3 is 2.04 bits per heavy atom. The van der Waals surface area contributed by atoms with Gasteiger partial charge in [-0.1, -0.05) is 0 Å². The number of aromatic nitrogens is 4. The normalized spacial score (nSPS) is 10.5. The van der Waals surface area contributed by atoms with E-state index < -0.39 is 5.97 Å². The number of rotatable bonds is 7. The fourth-order valence-electron chi connectivity index (χ4n) is 2.40. The molecule has 28 heavy (non-hydrogen) atoms. The van der Waals surface area contributed by atoms with Gasteiger partial charge in [0.05, 0.1) is 0 Å². The maximum atomic E-state index is 12.2. The molecule has 2 aromatic heterocycles. The van der Waals surface area contributed by atoms with E-state index in [4.69, 9.17) is 5.11 Å². The molecule has 0 aliphatic heterocycles. The topological polar surface area (TPSA) is 131 Å². The molecule has 0 unspecified atom stereocenters. The largest absolute Gasteiger partial charge is 0.476 e. The van der Waals surface area contributed by atoms with E-state index in [0.29, 0.717) is 23.6 Å². The maximum Gasteiger partial charge on any atom is 0.356 e. The van der Waals surface area contributed by atoms with E-state index in [0.717, 1.165) is 0 Å². The van der Waals surface area contributed by atoms with E-state index in [-0.39, 0.29) is 24.1 Å². The van der Waals surface area contributed by atoms with Crippen LogP contribution in [0.15, 0.2) is 48.8 Å². The lowest BCUT2D eigenvalue weighted by Crippen LogP contribution is -2.19. The van der Waals surface area contributed by atoms with Crippen LogP contribution in [0.3, 0.4) is 0 Å². The van der Waals surface area contributed by atoms with Crippen LogP contribution in [-0.4, -0.2) is 42.5 Å². The lowest BCUT2D eigenvalue weighted by atomic mass is 10.2. The Labute approximate surface area is 159 Å². The molecule has 3 N–H and O–H groups in total. The molecule has 0 saturated heterocycles. The lowest BCUT2D eigenvalue weighted by molar-refractivity contribution is -0.116. The summed E-state index contributed by atoms with van der Waals surface area (Å²) >= 11 is 0. The number of hydrogen-bond acceptors (Lipinski definition) is 5. The van der Waals surface area contributed by atoms with Gasteiger partial charge in [0.2, 0.25) is 5.91 Å². The Balaban J connectivity index is 1.55. The van der Waals surface area contributed by atoms with Gasteiger partial charge in [0.15, 0.2) is 11.4 Å². The van der Waals surface area contributed by atoms with Gasteiger partial charge in [-0.3, -0.25) is 19.0 Å². The van der Waals surface area contributed by atoms with E-state index in [1.54, 1.807) is 41.2 Å². The number of aryl methyl sites for hydroxylation is 1. The predicted octanol–water partition coefficient (Wildman–Crippen LogP) is 1.69. The van der Waals surface area contributed by atoms with Crippen molar-refractivity contribution in [2.75, 3.05) is 10.6 Å². The molecule has 0 saturated carbocycles. The van der Waals surface area contributed by atoms with Crippen LogP contribution >= 0.6 is 0 Å². The third kappa shape index (κ3) is 4.61. The molecule has 1 aromatic carbocycles. The number of aromatic carboxylic acids is 1. The first kappa shape index (κ1) is 18.8. The van der Waals surface area contributed by atoms with Gasteiger partial charge in [0, 0.05) is 30.3 Å². The fourth-order valence-corrected chi connectivity index (χ4v) is 2.40. The molecule has 3 aromatic rings. The Hall–Kier alpha value is -3.95. The molecule has 3 rings (SSSR count). The zero-order valence-corrected chi connectivity index (χ0v) is 15.0. The second-order valence-electron chi connectivity index (χ2n) is 5.84. The highest BCUT2D eigenvalue weighted by atomic mass is 16.4. The summed E-state index contributed by atoms with van der Waals surface area (Å²) in [6.45, 7) is 2.49. The van der Waals surface area contributed by atoms with Crippen molar-refractivity contribution in [3.63, 3.8) is 0 Å². The highest BCUT2D eigenvalue weighted by Crippen LogP contribution is 2.14. The Kier molecular flexibility index (Phi) is 5.49. The minimum atomic E-state index is -1.15. The minimum absolute atomic E-state index is 0.119. The molecule has 2 heterocycles. The summed E-state index contributed by atoms with van der Waals surface area (Å²) in [4.78, 5) is 35.0. The van der Waals surface area contributed by atoms with Crippen LogP contribution in [0.25, 0.3) is 0 Å². The molecule has 0 bridgehead atoms. The van der Waals surface area contributed by atoms with Gasteiger partial charge in [0.1, 0.15) is 6.54 Å². The molecule has 0 aliphatic rings. The molecule has 0 spiro atoms. The third-order valence-electron chi connectivity index (χ3n) is 3.79. The summed E-state index contributed by atoms with van der Waals surface area (Å²) in [5, 5.41) is 22.2. The first-order chi connectivity index (χ1) is 13.4. The number of hydrogen-bond donors (Lipinski definition) is 3. The first-order valence-corrected chi connectivity index (χ1v) is 8.46. The number of nitrogens with one attached hydrogen (secondary N) is 2. The van der Waals surface area contributed by atoms with Crippen molar-refractivity contribution in [1.29, 1.82) is 0 Å². The van der Waals surface area contributed by atoms with Crippen LogP contribution in [0.5, 0.6) is 0 Å². The quantitative estimate of drug-likeness (QED) is 0.570. The van der Waals surface area contributed by atoms with Gasteiger partial charge in [-0.05, 0) is 43.3 Å². The summed E-state index contributed by atoms with van der Waals surface area (Å²) in [6, 6.07) is 9.55. The molecule has 0 atom stereocenters. The number of benzene rings is 1. The molecule has 144 valence electrons. The van der Waals surface area contributed by atoms with Gasteiger partial charge in [-0.2, -0.15) is 10.2 Å². The number of nitrogens with zero attached hydrogens (tertiary/aromatic N) is 4. The molecular weight excluding hydrogens is 364 g/mol. The Bertz CT molecular complexity index is 1010. The van der Waals surface area contributed by atoms with Crippen molar-refractivity contribution < 1.29 is 19.5 Å². The Morgan fingerprint density at radius 2 is 1.46 bits per heavy atom. The zero-order chi connectivity index (χ0) is 20.1. The van der Waals surface area contributed by atoms with Crippen LogP contribution in [0.4, 0.5) is 11.4 Å². The number of carboxylic acids is 1. The molecule has 0 fully saturated rings. The van der Waals surface area contributed by atoms with Gasteiger partial charge in [-0.25, -0.2) is 4.79 Å². The van der Waals surface area contributed by atoms with E-state index in [1.165, 1.54) is 16.9 Å². The SMILES string of the molecule is CCn1ccc(C(=O)Nc2ccc(NC(=O)Cn3ccc(C(=O)O)n3)cc2)n1. The van der Waals surface area contributed by atoms with Crippen molar-refractivity contribution in [3.05, 3.63) is 60.2 Å². The van der Waals surface area contributed by atoms with E-state index in [1.807, 2.05) is 6.92 Å². The number of carbonyl (C=O) groups is 3. The zero-order valence-electron chi connectivity index (χ0n) is 15.0. The lowest BCUT2D eigenvalue weighted by Gasteiger charge is -2.07. The molecule has 0 aliphatic carbocycles. The van der Waals surface area contributed by atoms with Crippen molar-refractivity contribution in [1.82, 2.24) is 19.6 Å². The molecule has 10 nitrogen and oxygen atoms in total. The number of anilines is 2. The highest BCUT2D eigenvalue weighted by molar-refractivity contribution is 6.03. The predicted molar refractivity (Wildman–Crippen MR) is 100 cm³/mol. The summed E-state index contributed by atoms with van der Waals surface area (Å²) in [5.41, 5.74) is 1.28. The number of amides is 2. The molecule has 0 radical (unpaired) electrons. The first-order valence-electron chi connectivity index (χ1n) is 8.46. The summed E-state index contributed by atoms with van der Waals surface area (Å²) < 4.78 is 2.90. The van der Waals surface area contributed by atoms with Crippen molar-refractivity contribution in [3.8, 4) is 0 Å². The van der Waals surface area contributed by atoms with E-state index in [9.17, 15) is 14.4 Å². The van der Waals surface area contributed by atoms with Gasteiger partial charge >= 0.3 is 5.97 Å². The van der Waals surface area contributed by atoms with E-state index >= 15 is 0 Å². The summed E-state index contributed by atoms with van der Waals surface area (Å²) in [7, 11) is 0. The fraction of sp³-hybridized carbons (Fsp3) is 0.167. The van der Waals surface area contributed by atoms with Gasteiger partial charge in [0.25, 0.3) is 5.91 Å². The average molecular weight is 382 g/mol. The van der Waals surface area contributed by atoms with Crippen LogP contribution in [0, 0.1) is 0 Å². The standard InChI is InChI=1S/C18H18N6O4/c1-2-23-9-7-14(21-23)17(26)20-13-5-3-12(4-6-13)19-16(25)11-24-10-8-15(22-24)18(27)28/h3-10H,2,11H2,1H3,(H,19,25)(H,20,26)(H,27,28). The van der Waals surface area contributed by atoms with Gasteiger partial charge < -0.3 is 15.7 Å². The van der Waals surface area contributed by atoms with Crippen molar-refractivity contribution in [2.45, 2.75) is 20.0 Å².